The summed E-state index contributed by atoms with van der Waals surface area (Å²) in [5.74, 6) is 0.0987. The van der Waals surface area contributed by atoms with Gasteiger partial charge in [0.2, 0.25) is 0 Å². The first-order valence-corrected chi connectivity index (χ1v) is 7.67. The van der Waals surface area contributed by atoms with Gasteiger partial charge in [0.1, 0.15) is 11.4 Å². The number of H-pyrrole nitrogens is 1. The van der Waals surface area contributed by atoms with Crippen molar-refractivity contribution in [3.8, 4) is 5.75 Å². The number of methoxy groups -OCH3 is 2. The van der Waals surface area contributed by atoms with Crippen molar-refractivity contribution in [1.29, 1.82) is 0 Å². The molecule has 2 N–H and O–H groups in total. The van der Waals surface area contributed by atoms with Crippen LogP contribution in [-0.4, -0.2) is 37.6 Å². The molecule has 0 fully saturated rings. The lowest BCUT2D eigenvalue weighted by Crippen LogP contribution is -2.26. The largest absolute Gasteiger partial charge is 0.496 e. The van der Waals surface area contributed by atoms with Crippen LogP contribution in [0.2, 0.25) is 0 Å². The molecule has 6 nitrogen and oxygen atoms in total. The molecule has 1 amide bonds. The number of aromatic amines is 1. The maximum atomic E-state index is 12.4. The van der Waals surface area contributed by atoms with Crippen molar-refractivity contribution in [3.05, 3.63) is 52.3 Å². The lowest BCUT2D eigenvalue weighted by Gasteiger charge is -2.09. The van der Waals surface area contributed by atoms with Gasteiger partial charge in [0.25, 0.3) is 5.91 Å². The van der Waals surface area contributed by atoms with E-state index in [1.807, 2.05) is 24.3 Å². The number of amides is 1. The minimum Gasteiger partial charge on any atom is -0.496 e. The van der Waals surface area contributed by atoms with E-state index in [9.17, 15) is 9.59 Å². The van der Waals surface area contributed by atoms with Gasteiger partial charge in [-0.25, -0.2) is 4.79 Å². The van der Waals surface area contributed by atoms with E-state index in [1.165, 1.54) is 7.11 Å². The van der Waals surface area contributed by atoms with Gasteiger partial charge in [0.15, 0.2) is 0 Å². The highest BCUT2D eigenvalue weighted by molar-refractivity contribution is 6.00. The summed E-state index contributed by atoms with van der Waals surface area (Å²) in [6.07, 6.45) is 0.651. The SMILES string of the molecule is COC(=O)c1c(C)[nH]c(C(=O)NCCc2ccccc2OC)c1C. The van der Waals surface area contributed by atoms with Gasteiger partial charge in [-0.05, 0) is 37.5 Å². The van der Waals surface area contributed by atoms with Crippen LogP contribution in [0.3, 0.4) is 0 Å². The molecule has 0 bridgehead atoms. The van der Waals surface area contributed by atoms with Crippen LogP contribution in [0.1, 0.15) is 37.7 Å². The van der Waals surface area contributed by atoms with E-state index in [4.69, 9.17) is 9.47 Å². The Balaban J connectivity index is 2.04. The zero-order valence-corrected chi connectivity index (χ0v) is 14.4. The number of nitrogens with one attached hydrogen (secondary N) is 2. The molecule has 0 radical (unpaired) electrons. The monoisotopic (exact) mass is 330 g/mol. The summed E-state index contributed by atoms with van der Waals surface area (Å²) >= 11 is 0. The summed E-state index contributed by atoms with van der Waals surface area (Å²) in [7, 11) is 2.94. The number of hydrogen-bond acceptors (Lipinski definition) is 4. The molecule has 0 saturated carbocycles. The third-order valence-corrected chi connectivity index (χ3v) is 3.93. The predicted molar refractivity (Wildman–Crippen MR) is 90.6 cm³/mol. The van der Waals surface area contributed by atoms with Gasteiger partial charge in [0.05, 0.1) is 19.8 Å². The zero-order valence-electron chi connectivity index (χ0n) is 14.4. The van der Waals surface area contributed by atoms with Gasteiger partial charge in [-0.15, -0.1) is 0 Å². The van der Waals surface area contributed by atoms with Gasteiger partial charge in [-0.1, -0.05) is 18.2 Å². The summed E-state index contributed by atoms with van der Waals surface area (Å²) in [5.41, 5.74) is 3.03. The quantitative estimate of drug-likeness (QED) is 0.797. The van der Waals surface area contributed by atoms with Crippen molar-refractivity contribution in [2.75, 3.05) is 20.8 Å². The Morgan fingerprint density at radius 1 is 1.17 bits per heavy atom. The fraction of sp³-hybridized carbons (Fsp3) is 0.333. The zero-order chi connectivity index (χ0) is 17.7. The van der Waals surface area contributed by atoms with Crippen molar-refractivity contribution >= 4 is 11.9 Å². The first-order chi connectivity index (χ1) is 11.5. The summed E-state index contributed by atoms with van der Waals surface area (Å²) in [5, 5.41) is 2.86. The number of rotatable bonds is 6. The van der Waals surface area contributed by atoms with Crippen LogP contribution in [0.4, 0.5) is 0 Å². The lowest BCUT2D eigenvalue weighted by molar-refractivity contribution is 0.0599. The highest BCUT2D eigenvalue weighted by Crippen LogP contribution is 2.19. The second-order valence-electron chi connectivity index (χ2n) is 5.43. The molecule has 0 saturated heterocycles. The van der Waals surface area contributed by atoms with Crippen LogP contribution in [0.25, 0.3) is 0 Å². The first-order valence-electron chi connectivity index (χ1n) is 7.67. The number of aryl methyl sites for hydroxylation is 1. The standard InChI is InChI=1S/C18H22N2O4/c1-11-15(18(22)24-4)12(2)20-16(11)17(21)19-10-9-13-7-5-6-8-14(13)23-3/h5-8,20H,9-10H2,1-4H3,(H,19,21). The molecule has 2 aromatic rings. The molecular weight excluding hydrogens is 308 g/mol. The molecule has 24 heavy (non-hydrogen) atoms. The minimum atomic E-state index is -0.450. The van der Waals surface area contributed by atoms with E-state index in [-0.39, 0.29) is 5.91 Å². The van der Waals surface area contributed by atoms with Crippen LogP contribution >= 0.6 is 0 Å². The van der Waals surface area contributed by atoms with E-state index < -0.39 is 5.97 Å². The number of para-hydroxylation sites is 1. The Kier molecular flexibility index (Phi) is 5.63. The van der Waals surface area contributed by atoms with Gasteiger partial charge in [-0.3, -0.25) is 4.79 Å². The predicted octanol–water partition coefficient (Wildman–Crippen LogP) is 2.40. The third-order valence-electron chi connectivity index (χ3n) is 3.93. The smallest absolute Gasteiger partial charge is 0.339 e. The number of esters is 1. The maximum absolute atomic E-state index is 12.4. The Morgan fingerprint density at radius 2 is 1.88 bits per heavy atom. The van der Waals surface area contributed by atoms with Crippen LogP contribution in [0, 0.1) is 13.8 Å². The van der Waals surface area contributed by atoms with E-state index in [0.29, 0.717) is 35.5 Å². The van der Waals surface area contributed by atoms with Crippen LogP contribution in [0.5, 0.6) is 5.75 Å². The van der Waals surface area contributed by atoms with Crippen LogP contribution in [0.15, 0.2) is 24.3 Å². The van der Waals surface area contributed by atoms with Crippen LogP contribution < -0.4 is 10.1 Å². The molecular formula is C18H22N2O4. The minimum absolute atomic E-state index is 0.249. The van der Waals surface area contributed by atoms with E-state index in [0.717, 1.165) is 11.3 Å². The van der Waals surface area contributed by atoms with Gasteiger partial charge < -0.3 is 19.8 Å². The molecule has 0 aliphatic heterocycles. The second-order valence-corrected chi connectivity index (χ2v) is 5.43. The molecule has 128 valence electrons. The lowest BCUT2D eigenvalue weighted by atomic mass is 10.1. The highest BCUT2D eigenvalue weighted by atomic mass is 16.5. The molecule has 1 aromatic carbocycles. The average Bonchev–Trinajstić information content (AvgIpc) is 2.89. The Morgan fingerprint density at radius 3 is 2.54 bits per heavy atom. The Hall–Kier alpha value is -2.76. The van der Waals surface area contributed by atoms with E-state index >= 15 is 0 Å². The number of ether oxygens (including phenoxy) is 2. The summed E-state index contributed by atoms with van der Waals surface area (Å²) < 4.78 is 10.0. The average molecular weight is 330 g/mol. The third kappa shape index (κ3) is 3.59. The Bertz CT molecular complexity index is 749. The number of aromatic nitrogens is 1. The van der Waals surface area contributed by atoms with Crippen molar-refractivity contribution in [2.24, 2.45) is 0 Å². The van der Waals surface area contributed by atoms with Crippen molar-refractivity contribution in [1.82, 2.24) is 10.3 Å². The van der Waals surface area contributed by atoms with Crippen molar-refractivity contribution in [2.45, 2.75) is 20.3 Å². The van der Waals surface area contributed by atoms with Gasteiger partial charge in [-0.2, -0.15) is 0 Å². The normalized spacial score (nSPS) is 10.3. The summed E-state index contributed by atoms with van der Waals surface area (Å²) in [6, 6.07) is 7.68. The maximum Gasteiger partial charge on any atom is 0.339 e. The number of carbonyl (C=O) groups is 2. The molecule has 1 heterocycles. The van der Waals surface area contributed by atoms with Gasteiger partial charge >= 0.3 is 5.97 Å². The number of carbonyl (C=O) groups excluding carboxylic acids is 2. The summed E-state index contributed by atoms with van der Waals surface area (Å²) in [4.78, 5) is 27.1. The topological polar surface area (TPSA) is 80.4 Å². The molecule has 6 heteroatoms. The van der Waals surface area contributed by atoms with E-state index in [2.05, 4.69) is 10.3 Å². The molecule has 0 spiro atoms. The first kappa shape index (κ1) is 17.6. The number of hydrogen-bond donors (Lipinski definition) is 2. The molecule has 1 aromatic heterocycles. The fourth-order valence-electron chi connectivity index (χ4n) is 2.69. The second kappa shape index (κ2) is 7.68. The molecule has 0 aliphatic carbocycles. The van der Waals surface area contributed by atoms with Crippen LogP contribution in [-0.2, 0) is 11.2 Å². The highest BCUT2D eigenvalue weighted by Gasteiger charge is 2.22. The molecule has 2 rings (SSSR count). The van der Waals surface area contributed by atoms with E-state index in [1.54, 1.807) is 21.0 Å². The molecule has 0 atom stereocenters. The fourth-order valence-corrected chi connectivity index (χ4v) is 2.69. The Labute approximate surface area is 141 Å². The molecule has 0 unspecified atom stereocenters. The van der Waals surface area contributed by atoms with Crippen molar-refractivity contribution in [3.63, 3.8) is 0 Å². The van der Waals surface area contributed by atoms with Gasteiger partial charge in [0, 0.05) is 12.2 Å². The summed E-state index contributed by atoms with van der Waals surface area (Å²) in [6.45, 7) is 3.93. The molecule has 0 aliphatic rings. The van der Waals surface area contributed by atoms with Crippen molar-refractivity contribution < 1.29 is 19.1 Å². The number of benzene rings is 1.